The Morgan fingerprint density at radius 3 is 1.93 bits per heavy atom. The minimum atomic E-state index is -0.351. The fraction of sp³-hybridized carbons (Fsp3) is 0.462. The molecule has 0 aromatic heterocycles. The molecule has 1 aromatic rings. The van der Waals surface area contributed by atoms with Gasteiger partial charge in [-0.2, -0.15) is 0 Å². The van der Waals surface area contributed by atoms with Crippen LogP contribution < -0.4 is 0 Å². The Kier molecular flexibility index (Phi) is 4.12. The Morgan fingerprint density at radius 2 is 1.57 bits per heavy atom. The quantitative estimate of drug-likeness (QED) is 0.683. The van der Waals surface area contributed by atoms with Crippen LogP contribution in [-0.2, 0) is 12.8 Å². The molecule has 0 fully saturated rings. The first-order valence-electron chi connectivity index (χ1n) is 5.22. The minimum Gasteiger partial charge on any atom is -0.250 e. The molecular formula is C13H18F. The van der Waals surface area contributed by atoms with Crippen LogP contribution >= 0.6 is 0 Å². The van der Waals surface area contributed by atoms with E-state index in [1.165, 1.54) is 11.1 Å². The zero-order chi connectivity index (χ0) is 10.6. The highest BCUT2D eigenvalue weighted by Crippen LogP contribution is 2.19. The van der Waals surface area contributed by atoms with Gasteiger partial charge in [0.25, 0.3) is 0 Å². The van der Waals surface area contributed by atoms with Crippen LogP contribution in [0.1, 0.15) is 37.5 Å². The Labute approximate surface area is 86.2 Å². The maximum absolute atomic E-state index is 12.5. The molecule has 77 valence electrons. The van der Waals surface area contributed by atoms with Gasteiger partial charge in [0, 0.05) is 5.92 Å². The molecule has 1 aromatic carbocycles. The van der Waals surface area contributed by atoms with E-state index in [9.17, 15) is 4.39 Å². The third-order valence-electron chi connectivity index (χ3n) is 2.56. The van der Waals surface area contributed by atoms with E-state index in [0.717, 1.165) is 24.3 Å². The van der Waals surface area contributed by atoms with E-state index in [1.807, 2.05) is 6.92 Å². The summed E-state index contributed by atoms with van der Waals surface area (Å²) < 4.78 is 12.5. The molecule has 0 spiro atoms. The van der Waals surface area contributed by atoms with Crippen LogP contribution in [0.2, 0.25) is 0 Å². The second-order valence-electron chi connectivity index (χ2n) is 3.66. The van der Waals surface area contributed by atoms with E-state index in [1.54, 1.807) is 0 Å². The summed E-state index contributed by atoms with van der Waals surface area (Å²) in [7, 11) is 0. The molecule has 1 heteroatoms. The van der Waals surface area contributed by atoms with Crippen molar-refractivity contribution in [3.8, 4) is 0 Å². The molecule has 0 N–H and O–H groups in total. The van der Waals surface area contributed by atoms with Gasteiger partial charge >= 0.3 is 0 Å². The van der Waals surface area contributed by atoms with Crippen molar-refractivity contribution in [1.82, 2.24) is 0 Å². The van der Waals surface area contributed by atoms with Crippen molar-refractivity contribution in [3.05, 3.63) is 40.8 Å². The largest absolute Gasteiger partial charge is 0.250 e. The van der Waals surface area contributed by atoms with Crippen LogP contribution in [0, 0.1) is 5.92 Å². The van der Waals surface area contributed by atoms with Crippen molar-refractivity contribution in [2.75, 3.05) is 6.67 Å². The van der Waals surface area contributed by atoms with Gasteiger partial charge in [0.05, 0.1) is 6.67 Å². The summed E-state index contributed by atoms with van der Waals surface area (Å²) >= 11 is 0. The summed E-state index contributed by atoms with van der Waals surface area (Å²) in [5.74, 6) is 0.829. The second kappa shape index (κ2) is 5.14. The van der Waals surface area contributed by atoms with E-state index >= 15 is 0 Å². The fourth-order valence-corrected chi connectivity index (χ4v) is 1.49. The van der Waals surface area contributed by atoms with Crippen LogP contribution in [-0.4, -0.2) is 6.67 Å². The van der Waals surface area contributed by atoms with Crippen molar-refractivity contribution in [1.29, 1.82) is 0 Å². The molecule has 0 aliphatic rings. The normalized spacial score (nSPS) is 10.9. The van der Waals surface area contributed by atoms with Crippen molar-refractivity contribution in [2.24, 2.45) is 0 Å². The van der Waals surface area contributed by atoms with E-state index in [4.69, 9.17) is 0 Å². The summed E-state index contributed by atoms with van der Waals surface area (Å²) in [5, 5.41) is 0. The highest BCUT2D eigenvalue weighted by Gasteiger charge is 2.07. The van der Waals surface area contributed by atoms with Crippen LogP contribution in [0.5, 0.6) is 0 Å². The monoisotopic (exact) mass is 193 g/mol. The first-order valence-corrected chi connectivity index (χ1v) is 5.22. The fourth-order valence-electron chi connectivity index (χ4n) is 1.49. The lowest BCUT2D eigenvalue weighted by atomic mass is 9.95. The SMILES string of the molecule is CCc1cc(CC)cc([C](C)CF)c1. The van der Waals surface area contributed by atoms with Crippen LogP contribution in [0.4, 0.5) is 4.39 Å². The number of alkyl halides is 1. The Balaban J connectivity index is 3.04. The number of hydrogen-bond acceptors (Lipinski definition) is 0. The molecule has 0 unspecified atom stereocenters. The molecule has 0 nitrogen and oxygen atoms in total. The Morgan fingerprint density at radius 1 is 1.07 bits per heavy atom. The highest BCUT2D eigenvalue weighted by atomic mass is 19.1. The van der Waals surface area contributed by atoms with E-state index in [-0.39, 0.29) is 6.67 Å². The van der Waals surface area contributed by atoms with Gasteiger partial charge in [-0.15, -0.1) is 0 Å². The van der Waals surface area contributed by atoms with Crippen molar-refractivity contribution in [2.45, 2.75) is 33.6 Å². The third-order valence-corrected chi connectivity index (χ3v) is 2.56. The number of hydrogen-bond donors (Lipinski definition) is 0. The average molecular weight is 193 g/mol. The van der Waals surface area contributed by atoms with Gasteiger partial charge in [0.1, 0.15) is 0 Å². The summed E-state index contributed by atoms with van der Waals surface area (Å²) in [6, 6.07) is 6.39. The molecule has 0 atom stereocenters. The number of halogens is 1. The van der Waals surface area contributed by atoms with Gasteiger partial charge in [0.2, 0.25) is 0 Å². The molecule has 0 aliphatic heterocycles. The predicted octanol–water partition coefficient (Wildman–Crippen LogP) is 3.72. The van der Waals surface area contributed by atoms with Crippen molar-refractivity contribution >= 4 is 0 Å². The summed E-state index contributed by atoms with van der Waals surface area (Å²) in [5.41, 5.74) is 3.66. The number of rotatable bonds is 4. The topological polar surface area (TPSA) is 0 Å². The maximum atomic E-state index is 12.5. The third kappa shape index (κ3) is 2.57. The summed E-state index contributed by atoms with van der Waals surface area (Å²) in [4.78, 5) is 0. The predicted molar refractivity (Wildman–Crippen MR) is 59.2 cm³/mol. The van der Waals surface area contributed by atoms with E-state index < -0.39 is 0 Å². The van der Waals surface area contributed by atoms with Crippen LogP contribution in [0.25, 0.3) is 0 Å². The van der Waals surface area contributed by atoms with Crippen molar-refractivity contribution in [3.63, 3.8) is 0 Å². The van der Waals surface area contributed by atoms with E-state index in [2.05, 4.69) is 32.0 Å². The van der Waals surface area contributed by atoms with E-state index in [0.29, 0.717) is 0 Å². The lowest BCUT2D eigenvalue weighted by molar-refractivity contribution is 0.516. The van der Waals surface area contributed by atoms with Gasteiger partial charge in [-0.3, -0.25) is 4.39 Å². The van der Waals surface area contributed by atoms with Gasteiger partial charge in [-0.05, 0) is 29.5 Å². The highest BCUT2D eigenvalue weighted by molar-refractivity contribution is 5.38. The van der Waals surface area contributed by atoms with Crippen molar-refractivity contribution < 1.29 is 4.39 Å². The molecule has 0 bridgehead atoms. The van der Waals surface area contributed by atoms with Gasteiger partial charge in [-0.1, -0.05) is 39.0 Å². The van der Waals surface area contributed by atoms with Gasteiger partial charge < -0.3 is 0 Å². The molecule has 1 rings (SSSR count). The number of benzene rings is 1. The molecular weight excluding hydrogens is 175 g/mol. The average Bonchev–Trinajstić information content (AvgIpc) is 2.27. The second-order valence-corrected chi connectivity index (χ2v) is 3.66. The Hall–Kier alpha value is -0.850. The lowest BCUT2D eigenvalue weighted by Crippen LogP contribution is -1.99. The smallest absolute Gasteiger partial charge is 0.0997 e. The van der Waals surface area contributed by atoms with Crippen LogP contribution in [0.3, 0.4) is 0 Å². The summed E-state index contributed by atoms with van der Waals surface area (Å²) in [6.07, 6.45) is 2.03. The molecule has 0 aliphatic carbocycles. The first kappa shape index (κ1) is 11.2. The Bertz CT molecular complexity index is 269. The minimum absolute atomic E-state index is 0.351. The van der Waals surface area contributed by atoms with Gasteiger partial charge in [-0.25, -0.2) is 0 Å². The molecule has 0 saturated heterocycles. The van der Waals surface area contributed by atoms with Crippen LogP contribution in [0.15, 0.2) is 18.2 Å². The lowest BCUT2D eigenvalue weighted by Gasteiger charge is -2.10. The maximum Gasteiger partial charge on any atom is 0.0997 e. The zero-order valence-electron chi connectivity index (χ0n) is 9.23. The summed E-state index contributed by atoms with van der Waals surface area (Å²) in [6.45, 7) is 5.76. The molecule has 0 amide bonds. The molecule has 0 heterocycles. The number of aryl methyl sites for hydroxylation is 2. The molecule has 0 saturated carbocycles. The molecule has 1 radical (unpaired) electrons. The first-order chi connectivity index (χ1) is 6.71. The molecule has 14 heavy (non-hydrogen) atoms. The van der Waals surface area contributed by atoms with Gasteiger partial charge in [0.15, 0.2) is 0 Å². The zero-order valence-corrected chi connectivity index (χ0v) is 9.23. The standard InChI is InChI=1S/C13H18F/c1-4-11-6-12(5-2)8-13(7-11)10(3)9-14/h6-8H,4-5,9H2,1-3H3.